The second kappa shape index (κ2) is 13.5. The molecule has 1 N–H and O–H groups in total. The third-order valence-corrected chi connectivity index (χ3v) is 9.84. The summed E-state index contributed by atoms with van der Waals surface area (Å²) >= 11 is 0. The SMILES string of the molecule is Cc1cc(C)c(S(=O)(=O)N(Cc2ccccc2)[C@@H](C)[C@H](OC(=O)[C@H](C)[C@@H](O)c2ccccc2)c2ccccc2)c(C)c1. The number of esters is 1. The summed E-state index contributed by atoms with van der Waals surface area (Å²) in [5.74, 6) is -1.50. The van der Waals surface area contributed by atoms with Crippen LogP contribution in [0.4, 0.5) is 0 Å². The van der Waals surface area contributed by atoms with Crippen molar-refractivity contribution in [1.29, 1.82) is 0 Å². The molecule has 4 aromatic rings. The van der Waals surface area contributed by atoms with E-state index >= 15 is 0 Å². The zero-order valence-corrected chi connectivity index (χ0v) is 25.6. The van der Waals surface area contributed by atoms with E-state index in [4.69, 9.17) is 4.74 Å². The molecule has 4 atom stereocenters. The largest absolute Gasteiger partial charge is 0.455 e. The summed E-state index contributed by atoms with van der Waals surface area (Å²) < 4.78 is 36.6. The van der Waals surface area contributed by atoms with Gasteiger partial charge in [-0.15, -0.1) is 0 Å². The average molecular weight is 586 g/mol. The molecule has 0 heterocycles. The van der Waals surface area contributed by atoms with Crippen LogP contribution in [-0.4, -0.2) is 29.8 Å². The minimum atomic E-state index is -4.05. The predicted molar refractivity (Wildman–Crippen MR) is 165 cm³/mol. The first-order chi connectivity index (χ1) is 20.0. The van der Waals surface area contributed by atoms with Gasteiger partial charge in [-0.25, -0.2) is 8.42 Å². The molecule has 220 valence electrons. The Balaban J connectivity index is 1.77. The lowest BCUT2D eigenvalue weighted by atomic mass is 9.97. The minimum Gasteiger partial charge on any atom is -0.455 e. The first kappa shape index (κ1) is 31.2. The Kier molecular flexibility index (Phi) is 9.99. The van der Waals surface area contributed by atoms with Gasteiger partial charge in [0.25, 0.3) is 0 Å². The van der Waals surface area contributed by atoms with E-state index in [9.17, 15) is 18.3 Å². The Morgan fingerprint density at radius 3 is 1.79 bits per heavy atom. The van der Waals surface area contributed by atoms with E-state index in [1.54, 1.807) is 52.0 Å². The number of rotatable bonds is 11. The molecular weight excluding hydrogens is 546 g/mol. The molecule has 42 heavy (non-hydrogen) atoms. The Bertz CT molecular complexity index is 1570. The first-order valence-corrected chi connectivity index (χ1v) is 15.6. The third kappa shape index (κ3) is 6.98. The van der Waals surface area contributed by atoms with Crippen LogP contribution in [0.25, 0.3) is 0 Å². The number of benzene rings is 4. The van der Waals surface area contributed by atoms with Crippen LogP contribution in [0.15, 0.2) is 108 Å². The molecular formula is C35H39NO5S. The van der Waals surface area contributed by atoms with Crippen molar-refractivity contribution < 1.29 is 23.1 Å². The van der Waals surface area contributed by atoms with Crippen LogP contribution in [0.1, 0.15) is 59.4 Å². The highest BCUT2D eigenvalue weighted by molar-refractivity contribution is 7.89. The van der Waals surface area contributed by atoms with Gasteiger partial charge in [-0.3, -0.25) is 4.79 Å². The molecule has 0 aliphatic rings. The van der Waals surface area contributed by atoms with E-state index in [2.05, 4.69) is 0 Å². The maximum Gasteiger partial charge on any atom is 0.312 e. The summed E-state index contributed by atoms with van der Waals surface area (Å²) in [7, 11) is -4.05. The van der Waals surface area contributed by atoms with Crippen molar-refractivity contribution in [3.63, 3.8) is 0 Å². The number of aliphatic hydroxyl groups is 1. The number of aliphatic hydroxyl groups excluding tert-OH is 1. The van der Waals surface area contributed by atoms with E-state index in [1.165, 1.54) is 4.31 Å². The van der Waals surface area contributed by atoms with Gasteiger partial charge in [0, 0.05) is 6.54 Å². The van der Waals surface area contributed by atoms with E-state index < -0.39 is 40.2 Å². The van der Waals surface area contributed by atoms with Gasteiger partial charge >= 0.3 is 5.97 Å². The summed E-state index contributed by atoms with van der Waals surface area (Å²) in [6.45, 7) is 9.02. The topological polar surface area (TPSA) is 83.9 Å². The lowest BCUT2D eigenvalue weighted by Crippen LogP contribution is -2.43. The number of carbonyl (C=O) groups excluding carboxylic acids is 1. The number of sulfonamides is 1. The minimum absolute atomic E-state index is 0.0835. The van der Waals surface area contributed by atoms with Gasteiger partial charge in [-0.1, -0.05) is 109 Å². The molecule has 0 saturated carbocycles. The number of hydrogen-bond donors (Lipinski definition) is 1. The monoisotopic (exact) mass is 585 g/mol. The molecule has 6 nitrogen and oxygen atoms in total. The fraction of sp³-hybridized carbons (Fsp3) is 0.286. The molecule has 0 aliphatic carbocycles. The molecule has 0 aliphatic heterocycles. The predicted octanol–water partition coefficient (Wildman–Crippen LogP) is 6.85. The van der Waals surface area contributed by atoms with Crippen molar-refractivity contribution in [3.8, 4) is 0 Å². The highest BCUT2D eigenvalue weighted by Crippen LogP contribution is 2.35. The Morgan fingerprint density at radius 1 is 0.786 bits per heavy atom. The normalized spacial score (nSPS) is 14.6. The Hall–Kier alpha value is -3.78. The van der Waals surface area contributed by atoms with E-state index in [0.29, 0.717) is 22.3 Å². The van der Waals surface area contributed by atoms with Crippen LogP contribution in [0.5, 0.6) is 0 Å². The smallest absolute Gasteiger partial charge is 0.312 e. The van der Waals surface area contributed by atoms with Gasteiger partial charge in [-0.05, 0) is 62.4 Å². The maximum absolute atomic E-state index is 14.5. The van der Waals surface area contributed by atoms with Gasteiger partial charge < -0.3 is 9.84 Å². The van der Waals surface area contributed by atoms with Crippen LogP contribution in [0.3, 0.4) is 0 Å². The van der Waals surface area contributed by atoms with Crippen LogP contribution >= 0.6 is 0 Å². The summed E-state index contributed by atoms with van der Waals surface area (Å²) in [6, 6.07) is 30.4. The van der Waals surface area contributed by atoms with Crippen molar-refractivity contribution in [2.24, 2.45) is 5.92 Å². The zero-order chi connectivity index (χ0) is 30.4. The fourth-order valence-electron chi connectivity index (χ4n) is 5.44. The molecule has 0 spiro atoms. The number of nitrogens with zero attached hydrogens (tertiary/aromatic N) is 1. The summed E-state index contributed by atoms with van der Waals surface area (Å²) in [6.07, 6.45) is -2.01. The highest BCUT2D eigenvalue weighted by atomic mass is 32.2. The number of carbonyl (C=O) groups is 1. The van der Waals surface area contributed by atoms with E-state index in [-0.39, 0.29) is 11.4 Å². The lowest BCUT2D eigenvalue weighted by Gasteiger charge is -2.35. The molecule has 0 bridgehead atoms. The lowest BCUT2D eigenvalue weighted by molar-refractivity contribution is -0.160. The molecule has 7 heteroatoms. The molecule has 4 aromatic carbocycles. The van der Waals surface area contributed by atoms with Crippen molar-refractivity contribution in [2.45, 2.75) is 64.3 Å². The van der Waals surface area contributed by atoms with Gasteiger partial charge in [-0.2, -0.15) is 4.31 Å². The van der Waals surface area contributed by atoms with Crippen molar-refractivity contribution in [1.82, 2.24) is 4.31 Å². The van der Waals surface area contributed by atoms with Crippen LogP contribution in [0.2, 0.25) is 0 Å². The summed E-state index contributed by atoms with van der Waals surface area (Å²) in [5, 5.41) is 10.9. The summed E-state index contributed by atoms with van der Waals surface area (Å²) in [4.78, 5) is 13.8. The molecule has 0 saturated heterocycles. The number of hydrogen-bond acceptors (Lipinski definition) is 5. The van der Waals surface area contributed by atoms with Crippen molar-refractivity contribution >= 4 is 16.0 Å². The standard InChI is InChI=1S/C35H39NO5S/c1-24-21-25(2)34(26(3)22-24)42(39,40)36(23-29-15-9-6-10-16-29)28(5)33(31-19-13-8-14-20-31)41-35(38)27(4)32(37)30-17-11-7-12-18-30/h6-22,27-28,32-33,37H,23H2,1-5H3/t27-,28+,32-,33+/m1/s1. The zero-order valence-electron chi connectivity index (χ0n) is 24.8. The molecule has 0 radical (unpaired) electrons. The Labute approximate surface area is 249 Å². The third-order valence-electron chi connectivity index (χ3n) is 7.60. The van der Waals surface area contributed by atoms with Gasteiger partial charge in [0.05, 0.1) is 23.0 Å². The van der Waals surface area contributed by atoms with Gasteiger partial charge in [0.1, 0.15) is 6.10 Å². The van der Waals surface area contributed by atoms with Crippen molar-refractivity contribution in [2.75, 3.05) is 0 Å². The second-order valence-electron chi connectivity index (χ2n) is 10.9. The van der Waals surface area contributed by atoms with Crippen LogP contribution < -0.4 is 0 Å². The van der Waals surface area contributed by atoms with Crippen LogP contribution in [-0.2, 0) is 26.1 Å². The Morgan fingerprint density at radius 2 is 1.26 bits per heavy atom. The fourth-order valence-corrected chi connectivity index (χ4v) is 7.47. The van der Waals surface area contributed by atoms with E-state index in [0.717, 1.165) is 11.1 Å². The maximum atomic E-state index is 14.5. The average Bonchev–Trinajstić information content (AvgIpc) is 2.98. The van der Waals surface area contributed by atoms with Gasteiger partial charge in [0.2, 0.25) is 10.0 Å². The van der Waals surface area contributed by atoms with Crippen molar-refractivity contribution in [3.05, 3.63) is 137 Å². The quantitative estimate of drug-likeness (QED) is 0.195. The summed E-state index contributed by atoms with van der Waals surface area (Å²) in [5.41, 5.74) is 4.36. The second-order valence-corrected chi connectivity index (χ2v) is 12.7. The molecule has 0 aromatic heterocycles. The molecule has 0 unspecified atom stereocenters. The molecule has 4 rings (SSSR count). The van der Waals surface area contributed by atoms with Gasteiger partial charge in [0.15, 0.2) is 0 Å². The van der Waals surface area contributed by atoms with E-state index in [1.807, 2.05) is 85.8 Å². The molecule has 0 amide bonds. The molecule has 0 fully saturated rings. The first-order valence-electron chi connectivity index (χ1n) is 14.1. The van der Waals surface area contributed by atoms with Crippen LogP contribution in [0, 0.1) is 26.7 Å². The highest BCUT2D eigenvalue weighted by Gasteiger charge is 2.39. The number of aryl methyl sites for hydroxylation is 3. The number of ether oxygens (including phenoxy) is 1.